The molecule has 1 aromatic carbocycles. The normalized spacial score (nSPS) is 16.6. The SMILES string of the molecule is O=C(O)CCN1C(=O)C(=C/C(Cl)=C\c2ccc([N+](=O)[O-])cc2)SC1=S. The number of allylic oxidation sites excluding steroid dienone is 2. The summed E-state index contributed by atoms with van der Waals surface area (Å²) >= 11 is 12.2. The van der Waals surface area contributed by atoms with Crippen molar-refractivity contribution >= 4 is 63.5 Å². The van der Waals surface area contributed by atoms with E-state index >= 15 is 0 Å². The summed E-state index contributed by atoms with van der Waals surface area (Å²) in [7, 11) is 0. The molecule has 0 aromatic heterocycles. The largest absolute Gasteiger partial charge is 0.481 e. The Bertz CT molecular complexity index is 805. The van der Waals surface area contributed by atoms with E-state index in [9.17, 15) is 19.7 Å². The Kier molecular flexibility index (Phi) is 6.29. The summed E-state index contributed by atoms with van der Waals surface area (Å²) in [5.41, 5.74) is 0.598. The zero-order chi connectivity index (χ0) is 18.6. The number of hydrogen-bond acceptors (Lipinski definition) is 6. The molecule has 2 rings (SSSR count). The molecule has 0 saturated carbocycles. The summed E-state index contributed by atoms with van der Waals surface area (Å²) in [6.07, 6.45) is 2.78. The number of carboxylic acid groups (broad SMARTS) is 1. The van der Waals surface area contributed by atoms with E-state index < -0.39 is 16.8 Å². The molecule has 0 unspecified atom stereocenters. The number of benzene rings is 1. The maximum Gasteiger partial charge on any atom is 0.305 e. The number of rotatable bonds is 6. The number of carboxylic acids is 1. The van der Waals surface area contributed by atoms with Crippen molar-refractivity contribution < 1.29 is 19.6 Å². The molecule has 1 aromatic rings. The second-order valence-corrected chi connectivity index (χ2v) is 6.97. The first-order valence-corrected chi connectivity index (χ1v) is 8.47. The van der Waals surface area contributed by atoms with Crippen molar-refractivity contribution in [3.63, 3.8) is 0 Å². The van der Waals surface area contributed by atoms with E-state index in [1.54, 1.807) is 6.08 Å². The zero-order valence-electron chi connectivity index (χ0n) is 12.5. The Morgan fingerprint density at radius 3 is 2.60 bits per heavy atom. The van der Waals surface area contributed by atoms with Crippen LogP contribution in [0.4, 0.5) is 5.69 Å². The minimum absolute atomic E-state index is 0.00102. The summed E-state index contributed by atoms with van der Waals surface area (Å²) in [6, 6.07) is 5.77. The Balaban J connectivity index is 2.13. The molecule has 1 aliphatic rings. The van der Waals surface area contributed by atoms with Gasteiger partial charge in [-0.25, -0.2) is 0 Å². The van der Waals surface area contributed by atoms with Gasteiger partial charge in [0.25, 0.3) is 11.6 Å². The molecule has 0 atom stereocenters. The first kappa shape index (κ1) is 19.1. The number of halogens is 1. The third kappa shape index (κ3) is 5.12. The third-order valence-corrected chi connectivity index (χ3v) is 4.70. The molecular formula is C15H11ClN2O5S2. The molecule has 1 N–H and O–H groups in total. The van der Waals surface area contributed by atoms with Crippen LogP contribution in [0.25, 0.3) is 6.08 Å². The van der Waals surface area contributed by atoms with Gasteiger partial charge < -0.3 is 5.11 Å². The average molecular weight is 399 g/mol. The highest BCUT2D eigenvalue weighted by molar-refractivity contribution is 8.26. The number of carbonyl (C=O) groups is 2. The van der Waals surface area contributed by atoms with E-state index in [1.807, 2.05) is 0 Å². The van der Waals surface area contributed by atoms with Crippen molar-refractivity contribution in [1.82, 2.24) is 4.90 Å². The first-order valence-electron chi connectivity index (χ1n) is 6.87. The van der Waals surface area contributed by atoms with Crippen molar-refractivity contribution in [3.8, 4) is 0 Å². The van der Waals surface area contributed by atoms with E-state index in [4.69, 9.17) is 28.9 Å². The maximum absolute atomic E-state index is 12.2. The van der Waals surface area contributed by atoms with Crippen molar-refractivity contribution in [1.29, 1.82) is 0 Å². The summed E-state index contributed by atoms with van der Waals surface area (Å²) < 4.78 is 0.275. The van der Waals surface area contributed by atoms with Crippen LogP contribution in [-0.2, 0) is 9.59 Å². The van der Waals surface area contributed by atoms with Crippen LogP contribution in [0.5, 0.6) is 0 Å². The van der Waals surface area contributed by atoms with Crippen LogP contribution in [-0.4, -0.2) is 37.7 Å². The van der Waals surface area contributed by atoms with Gasteiger partial charge in [-0.15, -0.1) is 0 Å². The maximum atomic E-state index is 12.2. The fourth-order valence-corrected chi connectivity index (χ4v) is 3.52. The van der Waals surface area contributed by atoms with Gasteiger partial charge >= 0.3 is 5.97 Å². The van der Waals surface area contributed by atoms with Crippen LogP contribution in [0, 0.1) is 10.1 Å². The summed E-state index contributed by atoms with van der Waals surface area (Å²) in [5, 5.41) is 19.6. The highest BCUT2D eigenvalue weighted by Crippen LogP contribution is 2.32. The molecule has 1 heterocycles. The van der Waals surface area contributed by atoms with Crippen LogP contribution < -0.4 is 0 Å². The molecule has 1 amide bonds. The molecule has 0 aliphatic carbocycles. The second kappa shape index (κ2) is 8.24. The predicted molar refractivity (Wildman–Crippen MR) is 99.2 cm³/mol. The van der Waals surface area contributed by atoms with Gasteiger partial charge in [-0.05, 0) is 29.8 Å². The van der Waals surface area contributed by atoms with Gasteiger partial charge in [0.15, 0.2) is 0 Å². The monoisotopic (exact) mass is 398 g/mol. The lowest BCUT2D eigenvalue weighted by molar-refractivity contribution is -0.384. The van der Waals surface area contributed by atoms with Crippen molar-refractivity contribution in [2.75, 3.05) is 6.54 Å². The minimum Gasteiger partial charge on any atom is -0.481 e. The van der Waals surface area contributed by atoms with E-state index in [-0.39, 0.29) is 28.0 Å². The molecule has 130 valence electrons. The molecule has 0 radical (unpaired) electrons. The number of nitrogens with zero attached hydrogens (tertiary/aromatic N) is 2. The van der Waals surface area contributed by atoms with Crippen LogP contribution >= 0.6 is 35.6 Å². The quantitative estimate of drug-likeness (QED) is 0.339. The van der Waals surface area contributed by atoms with Gasteiger partial charge in [0.2, 0.25) is 0 Å². The molecule has 0 spiro atoms. The summed E-state index contributed by atoms with van der Waals surface area (Å²) in [4.78, 5) is 34.5. The van der Waals surface area contributed by atoms with Crippen molar-refractivity contribution in [3.05, 3.63) is 56.0 Å². The molecule has 1 aliphatic heterocycles. The Morgan fingerprint density at radius 2 is 2.04 bits per heavy atom. The van der Waals surface area contributed by atoms with Gasteiger partial charge in [0, 0.05) is 23.7 Å². The third-order valence-electron chi connectivity index (χ3n) is 3.10. The van der Waals surface area contributed by atoms with Crippen LogP contribution in [0.2, 0.25) is 0 Å². The molecule has 1 fully saturated rings. The number of thiocarbonyl (C=S) groups is 1. The standard InChI is InChI=1S/C15H11ClN2O5S2/c16-10(7-9-1-3-11(4-2-9)18(22)23)8-12-14(21)17(15(24)25-12)6-5-13(19)20/h1-4,7-8H,5-6H2,(H,19,20)/b10-7+,12-8?. The van der Waals surface area contributed by atoms with Gasteiger partial charge in [0.05, 0.1) is 16.2 Å². The molecule has 10 heteroatoms. The minimum atomic E-state index is -1.02. The highest BCUT2D eigenvalue weighted by atomic mass is 35.5. The lowest BCUT2D eigenvalue weighted by Gasteiger charge is -2.12. The van der Waals surface area contributed by atoms with E-state index in [2.05, 4.69) is 0 Å². The Morgan fingerprint density at radius 1 is 1.40 bits per heavy atom. The second-order valence-electron chi connectivity index (χ2n) is 4.85. The van der Waals surface area contributed by atoms with E-state index in [0.29, 0.717) is 10.5 Å². The number of thioether (sulfide) groups is 1. The van der Waals surface area contributed by atoms with Crippen molar-refractivity contribution in [2.45, 2.75) is 6.42 Å². The number of non-ortho nitro benzene ring substituents is 1. The van der Waals surface area contributed by atoms with Gasteiger partial charge in [-0.3, -0.25) is 24.6 Å². The van der Waals surface area contributed by atoms with Crippen LogP contribution in [0.3, 0.4) is 0 Å². The first-order chi connectivity index (χ1) is 11.8. The lowest BCUT2D eigenvalue weighted by Crippen LogP contribution is -2.30. The highest BCUT2D eigenvalue weighted by Gasteiger charge is 2.32. The van der Waals surface area contributed by atoms with Gasteiger partial charge in [0.1, 0.15) is 4.32 Å². The number of carbonyl (C=O) groups excluding carboxylic acids is 1. The lowest BCUT2D eigenvalue weighted by atomic mass is 10.2. The van der Waals surface area contributed by atoms with Crippen molar-refractivity contribution in [2.24, 2.45) is 0 Å². The topological polar surface area (TPSA) is 101 Å². The van der Waals surface area contributed by atoms with Gasteiger partial charge in [-0.2, -0.15) is 0 Å². The predicted octanol–water partition coefficient (Wildman–Crippen LogP) is 3.39. The van der Waals surface area contributed by atoms with Crippen LogP contribution in [0.15, 0.2) is 40.3 Å². The fraction of sp³-hybridized carbons (Fsp3) is 0.133. The number of aliphatic carboxylic acids is 1. The summed E-state index contributed by atoms with van der Waals surface area (Å²) in [5.74, 6) is -1.42. The van der Waals surface area contributed by atoms with E-state index in [1.165, 1.54) is 35.2 Å². The zero-order valence-corrected chi connectivity index (χ0v) is 14.9. The van der Waals surface area contributed by atoms with Crippen LogP contribution in [0.1, 0.15) is 12.0 Å². The Labute approximate surface area is 157 Å². The van der Waals surface area contributed by atoms with Gasteiger partial charge in [-0.1, -0.05) is 35.6 Å². The number of nitro groups is 1. The number of amides is 1. The molecule has 7 nitrogen and oxygen atoms in total. The fourth-order valence-electron chi connectivity index (χ4n) is 1.92. The average Bonchev–Trinajstić information content (AvgIpc) is 2.79. The molecule has 0 bridgehead atoms. The van der Waals surface area contributed by atoms with E-state index in [0.717, 1.165) is 11.8 Å². The summed E-state index contributed by atoms with van der Waals surface area (Å²) in [6.45, 7) is 0.00102. The number of nitro benzene ring substituents is 1. The molecule has 1 saturated heterocycles. The number of hydrogen-bond donors (Lipinski definition) is 1. The smallest absolute Gasteiger partial charge is 0.305 e. The molecule has 25 heavy (non-hydrogen) atoms. The molecular weight excluding hydrogens is 388 g/mol. The Hall–Kier alpha value is -2.23.